The summed E-state index contributed by atoms with van der Waals surface area (Å²) >= 11 is 6.23. The zero-order valence-corrected chi connectivity index (χ0v) is 16.4. The second kappa shape index (κ2) is 7.14. The first-order valence-electron chi connectivity index (χ1n) is 8.83. The number of sulfone groups is 1. The van der Waals surface area contributed by atoms with E-state index in [1.54, 1.807) is 48.5 Å². The Morgan fingerprint density at radius 3 is 2.50 bits per heavy atom. The molecule has 0 spiro atoms. The number of anilines is 1. The lowest BCUT2D eigenvalue weighted by Crippen LogP contribution is -2.45. The highest BCUT2D eigenvalue weighted by atomic mass is 35.5. The van der Waals surface area contributed by atoms with Gasteiger partial charge in [0.25, 0.3) is 5.91 Å². The van der Waals surface area contributed by atoms with Gasteiger partial charge in [0, 0.05) is 11.8 Å². The van der Waals surface area contributed by atoms with Gasteiger partial charge in [0.05, 0.1) is 34.2 Å². The van der Waals surface area contributed by atoms with E-state index in [0.29, 0.717) is 28.3 Å². The number of carbonyl (C=O) groups is 2. The number of nitrogens with zero attached hydrogens (tertiary/aromatic N) is 2. The summed E-state index contributed by atoms with van der Waals surface area (Å²) in [5, 5.41) is 0.293. The molecule has 0 radical (unpaired) electrons. The molecule has 2 atom stereocenters. The molecule has 0 aromatic heterocycles. The van der Waals surface area contributed by atoms with E-state index in [1.165, 1.54) is 6.21 Å². The monoisotopic (exact) mass is 416 g/mol. The Morgan fingerprint density at radius 2 is 1.79 bits per heavy atom. The number of carbonyl (C=O) groups excluding carboxylic acids is 2. The Bertz CT molecular complexity index is 1100. The van der Waals surface area contributed by atoms with Crippen molar-refractivity contribution in [3.63, 3.8) is 0 Å². The molecule has 0 aliphatic carbocycles. The van der Waals surface area contributed by atoms with Crippen LogP contribution in [0.1, 0.15) is 28.3 Å². The van der Waals surface area contributed by atoms with Gasteiger partial charge in [0.15, 0.2) is 9.84 Å². The van der Waals surface area contributed by atoms with Gasteiger partial charge in [0.1, 0.15) is 0 Å². The average molecular weight is 417 g/mol. The van der Waals surface area contributed by atoms with Crippen LogP contribution in [0.5, 0.6) is 0 Å². The highest BCUT2D eigenvalue weighted by Crippen LogP contribution is 2.35. The van der Waals surface area contributed by atoms with E-state index >= 15 is 0 Å². The minimum Gasteiger partial charge on any atom is -0.292 e. The summed E-state index contributed by atoms with van der Waals surface area (Å²) in [5.41, 5.74) is 1.28. The number of hydrogen-bond acceptors (Lipinski definition) is 5. The number of benzene rings is 2. The summed E-state index contributed by atoms with van der Waals surface area (Å²) in [6.07, 6.45) is 1.91. The maximum absolute atomic E-state index is 13.2. The van der Waals surface area contributed by atoms with Crippen LogP contribution in [-0.4, -0.2) is 44.0 Å². The van der Waals surface area contributed by atoms with Gasteiger partial charge in [-0.25, -0.2) is 13.3 Å². The molecule has 2 aliphatic rings. The Balaban J connectivity index is 1.75. The van der Waals surface area contributed by atoms with Crippen molar-refractivity contribution in [1.29, 1.82) is 0 Å². The van der Waals surface area contributed by atoms with E-state index in [1.807, 2.05) is 0 Å². The fourth-order valence-corrected chi connectivity index (χ4v) is 5.42. The molecule has 0 bridgehead atoms. The first-order valence-corrected chi connectivity index (χ1v) is 11.0. The van der Waals surface area contributed by atoms with Gasteiger partial charge >= 0.3 is 0 Å². The van der Waals surface area contributed by atoms with Crippen LogP contribution in [0, 0.1) is 0 Å². The summed E-state index contributed by atoms with van der Waals surface area (Å²) < 4.78 is 23.3. The normalized spacial score (nSPS) is 24.0. The summed E-state index contributed by atoms with van der Waals surface area (Å²) in [4.78, 5) is 31.7. The first kappa shape index (κ1) is 18.8. The van der Waals surface area contributed by atoms with Crippen molar-refractivity contribution in [1.82, 2.24) is 0 Å². The van der Waals surface area contributed by atoms with Crippen LogP contribution in [0.25, 0.3) is 0 Å². The van der Waals surface area contributed by atoms with Gasteiger partial charge in [0.2, 0.25) is 5.91 Å². The lowest BCUT2D eigenvalue weighted by Gasteiger charge is -2.31. The van der Waals surface area contributed by atoms with Crippen LogP contribution < -0.4 is 4.90 Å². The summed E-state index contributed by atoms with van der Waals surface area (Å²) in [5.74, 6) is -1.59. The zero-order valence-electron chi connectivity index (χ0n) is 14.8. The fourth-order valence-electron chi connectivity index (χ4n) is 3.56. The third-order valence-corrected chi connectivity index (χ3v) is 7.03. The molecule has 4 rings (SSSR count). The summed E-state index contributed by atoms with van der Waals surface area (Å²) in [6.45, 7) is 0. The molecular weight excluding hydrogens is 400 g/mol. The largest absolute Gasteiger partial charge is 0.292 e. The third-order valence-electron chi connectivity index (χ3n) is 4.96. The Hall–Kier alpha value is -2.51. The van der Waals surface area contributed by atoms with Gasteiger partial charge in [-0.3, -0.25) is 14.6 Å². The van der Waals surface area contributed by atoms with Crippen LogP contribution in [-0.2, 0) is 14.6 Å². The van der Waals surface area contributed by atoms with E-state index in [-0.39, 0.29) is 17.5 Å². The quantitative estimate of drug-likeness (QED) is 0.569. The van der Waals surface area contributed by atoms with Crippen molar-refractivity contribution in [3.8, 4) is 0 Å². The summed E-state index contributed by atoms with van der Waals surface area (Å²) in [7, 11) is -3.07. The molecule has 28 heavy (non-hydrogen) atoms. The topological polar surface area (TPSA) is 83.9 Å². The van der Waals surface area contributed by atoms with E-state index < -0.39 is 27.6 Å². The number of fused-ring (bicyclic) bond motifs is 1. The van der Waals surface area contributed by atoms with Crippen LogP contribution in [0.3, 0.4) is 0 Å². The van der Waals surface area contributed by atoms with Crippen molar-refractivity contribution >= 4 is 45.2 Å². The standard InChI is InChI=1S/C20H17ClN2O4S/c21-17-7-3-4-8-18(17)23-19(24)15-6-2-1-5-14(15)16(20(23)25)11-22-13-9-10-28(26,27)12-13/h1-8,11,13,16H,9-10,12H2/t13-,16+/m1/s1. The number of aliphatic imine (C=N–C) groups is 1. The minimum atomic E-state index is -3.07. The lowest BCUT2D eigenvalue weighted by molar-refractivity contribution is -0.118. The predicted molar refractivity (Wildman–Crippen MR) is 108 cm³/mol. The van der Waals surface area contributed by atoms with Gasteiger partial charge in [-0.2, -0.15) is 0 Å². The molecule has 0 unspecified atom stereocenters. The van der Waals surface area contributed by atoms with Gasteiger partial charge in [-0.1, -0.05) is 41.9 Å². The molecule has 0 N–H and O–H groups in total. The molecular formula is C20H17ClN2O4S. The van der Waals surface area contributed by atoms with Gasteiger partial charge in [-0.15, -0.1) is 0 Å². The Labute approximate surface area is 167 Å². The highest BCUT2D eigenvalue weighted by molar-refractivity contribution is 7.91. The second-order valence-corrected chi connectivity index (χ2v) is 9.49. The summed E-state index contributed by atoms with van der Waals surface area (Å²) in [6, 6.07) is 13.2. The number of amides is 2. The highest BCUT2D eigenvalue weighted by Gasteiger charge is 2.39. The smallest absolute Gasteiger partial charge is 0.265 e. The van der Waals surface area contributed by atoms with Crippen molar-refractivity contribution in [2.45, 2.75) is 18.4 Å². The molecule has 6 nitrogen and oxygen atoms in total. The third kappa shape index (κ3) is 3.36. The van der Waals surface area contributed by atoms with E-state index in [9.17, 15) is 18.0 Å². The molecule has 2 aromatic carbocycles. The van der Waals surface area contributed by atoms with Crippen LogP contribution >= 0.6 is 11.6 Å². The molecule has 2 amide bonds. The molecule has 2 heterocycles. The lowest BCUT2D eigenvalue weighted by atomic mass is 9.88. The van der Waals surface area contributed by atoms with Crippen molar-refractivity contribution in [2.24, 2.45) is 4.99 Å². The molecule has 2 aliphatic heterocycles. The van der Waals surface area contributed by atoms with Crippen LogP contribution in [0.15, 0.2) is 53.5 Å². The minimum absolute atomic E-state index is 0.0147. The number of hydrogen-bond donors (Lipinski definition) is 0. The van der Waals surface area contributed by atoms with E-state index in [4.69, 9.17) is 11.6 Å². The maximum Gasteiger partial charge on any atom is 0.265 e. The van der Waals surface area contributed by atoms with Crippen molar-refractivity contribution in [3.05, 3.63) is 64.7 Å². The number of halogens is 1. The van der Waals surface area contributed by atoms with E-state index in [0.717, 1.165) is 4.90 Å². The average Bonchev–Trinajstić information content (AvgIpc) is 3.02. The van der Waals surface area contributed by atoms with Crippen molar-refractivity contribution in [2.75, 3.05) is 16.4 Å². The Kier molecular flexibility index (Phi) is 4.81. The molecule has 2 aromatic rings. The molecule has 8 heteroatoms. The van der Waals surface area contributed by atoms with Gasteiger partial charge < -0.3 is 0 Å². The second-order valence-electron chi connectivity index (χ2n) is 6.85. The van der Waals surface area contributed by atoms with Crippen LogP contribution in [0.4, 0.5) is 5.69 Å². The first-order chi connectivity index (χ1) is 13.4. The predicted octanol–water partition coefficient (Wildman–Crippen LogP) is 2.87. The number of imide groups is 1. The fraction of sp³-hybridized carbons (Fsp3) is 0.250. The Morgan fingerprint density at radius 1 is 1.07 bits per heavy atom. The van der Waals surface area contributed by atoms with E-state index in [2.05, 4.69) is 4.99 Å². The SMILES string of the molecule is O=C1c2ccccc2[C@H](C=N[C@@H]2CCS(=O)(=O)C2)C(=O)N1c1ccccc1Cl. The molecule has 1 saturated heterocycles. The molecule has 1 fully saturated rings. The number of rotatable bonds is 3. The van der Waals surface area contributed by atoms with Crippen LogP contribution in [0.2, 0.25) is 5.02 Å². The zero-order chi connectivity index (χ0) is 19.9. The maximum atomic E-state index is 13.2. The molecule has 0 saturated carbocycles. The number of para-hydroxylation sites is 1. The van der Waals surface area contributed by atoms with Gasteiger partial charge in [-0.05, 0) is 30.2 Å². The van der Waals surface area contributed by atoms with Crippen molar-refractivity contribution < 1.29 is 18.0 Å². The molecule has 144 valence electrons.